The number of hydrogen-bond acceptors (Lipinski definition) is 10. The standard InChI is InChI=1S/C29H30N4O6S/c1-4-37-27(34)19-7-9-20(10-8-19)32-11-5-6-18(15-32)17-38-24-12-21(35-2)13-25-22(24)14-26(39-25)23-16-33-28(30-23)40-29(31-33)36-3/h7-10,12-14,16,18H,4-6,11,15,17H2,1-3H3. The number of furan rings is 1. The SMILES string of the molecule is CCOC(=O)c1ccc(N2CCCC(COc3cc(OC)cc4oc(-c5cn6nc(OC)sc6n5)cc34)C2)cc1. The van der Waals surface area contributed by atoms with Crippen molar-refractivity contribution in [3.8, 4) is 28.1 Å². The van der Waals surface area contributed by atoms with Crippen molar-refractivity contribution in [2.24, 2.45) is 5.92 Å². The molecule has 0 N–H and O–H groups in total. The van der Waals surface area contributed by atoms with Crippen LogP contribution >= 0.6 is 11.3 Å². The molecule has 0 bridgehead atoms. The number of hydrogen-bond donors (Lipinski definition) is 0. The number of carbonyl (C=O) groups excluding carboxylic acids is 1. The first kappa shape index (κ1) is 26.0. The van der Waals surface area contributed by atoms with Crippen molar-refractivity contribution in [3.05, 3.63) is 54.2 Å². The highest BCUT2D eigenvalue weighted by Crippen LogP contribution is 2.38. The zero-order valence-corrected chi connectivity index (χ0v) is 23.4. The molecule has 1 fully saturated rings. The summed E-state index contributed by atoms with van der Waals surface area (Å²) in [5.74, 6) is 2.04. The van der Waals surface area contributed by atoms with E-state index in [0.717, 1.165) is 42.0 Å². The van der Waals surface area contributed by atoms with Crippen LogP contribution in [0.1, 0.15) is 30.1 Å². The molecule has 4 heterocycles. The lowest BCUT2D eigenvalue weighted by Gasteiger charge is -2.34. The number of esters is 1. The Morgan fingerprint density at radius 1 is 1.15 bits per heavy atom. The number of aromatic nitrogens is 3. The van der Waals surface area contributed by atoms with Crippen molar-refractivity contribution in [1.29, 1.82) is 0 Å². The number of rotatable bonds is 9. The van der Waals surface area contributed by atoms with Crippen LogP contribution in [0, 0.1) is 5.92 Å². The fourth-order valence-electron chi connectivity index (χ4n) is 5.00. The van der Waals surface area contributed by atoms with Gasteiger partial charge in [-0.05, 0) is 61.4 Å². The van der Waals surface area contributed by atoms with Gasteiger partial charge in [0.1, 0.15) is 22.8 Å². The van der Waals surface area contributed by atoms with Crippen LogP contribution in [-0.4, -0.2) is 61.1 Å². The molecule has 0 aliphatic carbocycles. The Labute approximate surface area is 235 Å². The second-order valence-corrected chi connectivity index (χ2v) is 10.5. The molecule has 0 radical (unpaired) electrons. The van der Waals surface area contributed by atoms with Gasteiger partial charge in [0, 0.05) is 36.8 Å². The minimum Gasteiger partial charge on any atom is -0.496 e. The Hall–Kier alpha value is -4.25. The van der Waals surface area contributed by atoms with Crippen molar-refractivity contribution in [2.45, 2.75) is 19.8 Å². The van der Waals surface area contributed by atoms with E-state index in [4.69, 9.17) is 23.4 Å². The lowest BCUT2D eigenvalue weighted by Crippen LogP contribution is -2.37. The van der Waals surface area contributed by atoms with E-state index < -0.39 is 0 Å². The van der Waals surface area contributed by atoms with Gasteiger partial charge in [0.05, 0.1) is 44.6 Å². The summed E-state index contributed by atoms with van der Waals surface area (Å²) >= 11 is 1.36. The quantitative estimate of drug-likeness (QED) is 0.210. The van der Waals surface area contributed by atoms with Crippen molar-refractivity contribution in [1.82, 2.24) is 14.6 Å². The highest BCUT2D eigenvalue weighted by Gasteiger charge is 2.23. The zero-order chi connectivity index (χ0) is 27.6. The molecule has 1 saturated heterocycles. The molecule has 2 aromatic carbocycles. The lowest BCUT2D eigenvalue weighted by atomic mass is 9.98. The summed E-state index contributed by atoms with van der Waals surface area (Å²) in [7, 11) is 3.21. The van der Waals surface area contributed by atoms with Crippen LogP contribution < -0.4 is 19.1 Å². The van der Waals surface area contributed by atoms with Gasteiger partial charge in [0.25, 0.3) is 5.19 Å². The Morgan fingerprint density at radius 2 is 2.00 bits per heavy atom. The summed E-state index contributed by atoms with van der Waals surface area (Å²) < 4.78 is 30.1. The summed E-state index contributed by atoms with van der Waals surface area (Å²) in [5, 5.41) is 5.76. The number of anilines is 1. The summed E-state index contributed by atoms with van der Waals surface area (Å²) in [6.45, 7) is 4.56. The molecule has 5 aromatic rings. The molecule has 1 aliphatic heterocycles. The third-order valence-corrected chi connectivity index (χ3v) is 7.88. The van der Waals surface area contributed by atoms with Crippen molar-refractivity contribution < 1.29 is 28.2 Å². The minimum atomic E-state index is -0.296. The van der Waals surface area contributed by atoms with Crippen LogP contribution in [0.5, 0.6) is 16.7 Å². The second kappa shape index (κ2) is 11.1. The number of nitrogens with zero attached hydrogens (tertiary/aromatic N) is 4. The predicted octanol–water partition coefficient (Wildman–Crippen LogP) is 5.69. The van der Waals surface area contributed by atoms with Gasteiger partial charge >= 0.3 is 5.97 Å². The molecule has 11 heteroatoms. The molecule has 1 unspecified atom stereocenters. The third kappa shape index (κ3) is 5.16. The molecule has 10 nitrogen and oxygen atoms in total. The maximum Gasteiger partial charge on any atom is 0.338 e. The first-order chi connectivity index (χ1) is 19.5. The van der Waals surface area contributed by atoms with Gasteiger partial charge in [-0.2, -0.15) is 0 Å². The van der Waals surface area contributed by atoms with Crippen LogP contribution in [0.25, 0.3) is 27.4 Å². The number of ether oxygens (including phenoxy) is 4. The summed E-state index contributed by atoms with van der Waals surface area (Å²) in [4.78, 5) is 19.7. The van der Waals surface area contributed by atoms with E-state index in [2.05, 4.69) is 15.0 Å². The van der Waals surface area contributed by atoms with Gasteiger partial charge in [-0.25, -0.2) is 14.3 Å². The zero-order valence-electron chi connectivity index (χ0n) is 22.6. The topological polar surface area (TPSA) is 101 Å². The third-order valence-electron chi connectivity index (χ3n) is 7.00. The Balaban J connectivity index is 1.18. The van der Waals surface area contributed by atoms with E-state index in [9.17, 15) is 4.79 Å². The number of piperidine rings is 1. The molecule has 0 saturated carbocycles. The molecular weight excluding hydrogens is 532 g/mol. The highest BCUT2D eigenvalue weighted by molar-refractivity contribution is 7.18. The van der Waals surface area contributed by atoms with Gasteiger partial charge in [0.2, 0.25) is 4.96 Å². The highest BCUT2D eigenvalue weighted by atomic mass is 32.1. The van der Waals surface area contributed by atoms with Gasteiger partial charge < -0.3 is 28.3 Å². The summed E-state index contributed by atoms with van der Waals surface area (Å²) in [5.41, 5.74) is 3.00. The van der Waals surface area contributed by atoms with Gasteiger partial charge in [0.15, 0.2) is 5.76 Å². The first-order valence-electron chi connectivity index (χ1n) is 13.2. The van der Waals surface area contributed by atoms with Crippen molar-refractivity contribution >= 4 is 38.9 Å². The van der Waals surface area contributed by atoms with E-state index in [1.165, 1.54) is 11.3 Å². The van der Waals surface area contributed by atoms with Crippen molar-refractivity contribution in [2.75, 3.05) is 45.4 Å². The number of imidazole rings is 1. The van der Waals surface area contributed by atoms with Crippen LogP contribution in [0.15, 0.2) is 53.1 Å². The van der Waals surface area contributed by atoms with E-state index in [1.54, 1.807) is 18.7 Å². The molecule has 0 spiro atoms. The molecule has 3 aromatic heterocycles. The average Bonchev–Trinajstić information content (AvgIpc) is 3.69. The summed E-state index contributed by atoms with van der Waals surface area (Å²) in [6, 6.07) is 13.3. The van der Waals surface area contributed by atoms with Crippen molar-refractivity contribution in [3.63, 3.8) is 0 Å². The number of fused-ring (bicyclic) bond motifs is 2. The van der Waals surface area contributed by atoms with Crippen LogP contribution in [0.3, 0.4) is 0 Å². The lowest BCUT2D eigenvalue weighted by molar-refractivity contribution is 0.0526. The molecule has 40 heavy (non-hydrogen) atoms. The molecule has 0 amide bonds. The number of carbonyl (C=O) groups is 1. The predicted molar refractivity (Wildman–Crippen MR) is 152 cm³/mol. The minimum absolute atomic E-state index is 0.296. The molecule has 6 rings (SSSR count). The fourth-order valence-corrected chi connectivity index (χ4v) is 5.69. The Morgan fingerprint density at radius 3 is 2.75 bits per heavy atom. The molecule has 208 valence electrons. The Kier molecular flexibility index (Phi) is 7.21. The van der Waals surface area contributed by atoms with Gasteiger partial charge in [-0.3, -0.25) is 0 Å². The smallest absolute Gasteiger partial charge is 0.338 e. The fraction of sp³-hybridized carbons (Fsp3) is 0.345. The normalized spacial score (nSPS) is 15.5. The number of benzene rings is 2. The average molecular weight is 563 g/mol. The monoisotopic (exact) mass is 562 g/mol. The maximum absolute atomic E-state index is 12.0. The Bertz CT molecular complexity index is 1610. The largest absolute Gasteiger partial charge is 0.496 e. The van der Waals surface area contributed by atoms with Gasteiger partial charge in [-0.15, -0.1) is 5.10 Å². The molecule has 1 atom stereocenters. The maximum atomic E-state index is 12.0. The van der Waals surface area contributed by atoms with Gasteiger partial charge in [-0.1, -0.05) is 0 Å². The second-order valence-electron chi connectivity index (χ2n) is 9.61. The van der Waals surface area contributed by atoms with E-state index in [-0.39, 0.29) is 5.97 Å². The first-order valence-corrected chi connectivity index (χ1v) is 14.0. The molecule has 1 aliphatic rings. The van der Waals surface area contributed by atoms with E-state index in [1.807, 2.05) is 55.6 Å². The van der Waals surface area contributed by atoms with Crippen LogP contribution in [0.4, 0.5) is 5.69 Å². The molecular formula is C29H30N4O6S. The van der Waals surface area contributed by atoms with E-state index >= 15 is 0 Å². The van der Waals surface area contributed by atoms with Crippen LogP contribution in [0.2, 0.25) is 0 Å². The summed E-state index contributed by atoms with van der Waals surface area (Å²) in [6.07, 6.45) is 3.95. The van der Waals surface area contributed by atoms with Crippen LogP contribution in [-0.2, 0) is 4.74 Å². The van der Waals surface area contributed by atoms with E-state index in [0.29, 0.717) is 58.4 Å². The number of methoxy groups -OCH3 is 2.